The van der Waals surface area contributed by atoms with E-state index in [0.29, 0.717) is 10.6 Å². The predicted octanol–water partition coefficient (Wildman–Crippen LogP) is 2.63. The lowest BCUT2D eigenvalue weighted by Crippen LogP contribution is -1.99. The van der Waals surface area contributed by atoms with Gasteiger partial charge in [-0.1, -0.05) is 6.92 Å². The van der Waals surface area contributed by atoms with Gasteiger partial charge in [0.2, 0.25) is 0 Å². The number of aromatic carboxylic acids is 1. The number of hydrogen-bond donors (Lipinski definition) is 1. The molecular formula is C10H15NO3S2. The molecule has 90 valence electrons. The molecule has 6 heteroatoms. The number of carboxylic acid groups (broad SMARTS) is 1. The van der Waals surface area contributed by atoms with Crippen LogP contribution in [0.5, 0.6) is 0 Å². The number of aromatic nitrogens is 1. The monoisotopic (exact) mass is 261 g/mol. The van der Waals surface area contributed by atoms with Gasteiger partial charge in [-0.05, 0) is 12.2 Å². The maximum atomic E-state index is 10.9. The van der Waals surface area contributed by atoms with Crippen LogP contribution < -0.4 is 0 Å². The second kappa shape index (κ2) is 6.88. The molecule has 1 heterocycles. The summed E-state index contributed by atoms with van der Waals surface area (Å²) in [5.41, 5.74) is 0.534. The molecule has 0 aliphatic heterocycles. The van der Waals surface area contributed by atoms with Gasteiger partial charge in [0, 0.05) is 12.9 Å². The first-order valence-corrected chi connectivity index (χ1v) is 6.94. The van der Waals surface area contributed by atoms with Gasteiger partial charge in [-0.2, -0.15) is 11.8 Å². The molecule has 0 atom stereocenters. The van der Waals surface area contributed by atoms with Crippen molar-refractivity contribution in [2.24, 2.45) is 0 Å². The molecule has 4 nitrogen and oxygen atoms in total. The van der Waals surface area contributed by atoms with Gasteiger partial charge in [0.05, 0.1) is 12.3 Å². The molecule has 1 rings (SSSR count). The van der Waals surface area contributed by atoms with E-state index >= 15 is 0 Å². The molecule has 1 N–H and O–H groups in total. The topological polar surface area (TPSA) is 59.4 Å². The highest BCUT2D eigenvalue weighted by atomic mass is 32.2. The van der Waals surface area contributed by atoms with Gasteiger partial charge in [-0.15, -0.1) is 11.3 Å². The van der Waals surface area contributed by atoms with Crippen LogP contribution in [-0.4, -0.2) is 28.9 Å². The summed E-state index contributed by atoms with van der Waals surface area (Å²) in [5.74, 6) is 0.931. The number of carbonyl (C=O) groups is 1. The molecule has 0 radical (unpaired) electrons. The van der Waals surface area contributed by atoms with E-state index in [-0.39, 0.29) is 6.61 Å². The number of methoxy groups -OCH3 is 1. The molecule has 0 saturated carbocycles. The summed E-state index contributed by atoms with van der Waals surface area (Å²) < 4.78 is 4.93. The Labute approximate surface area is 103 Å². The van der Waals surface area contributed by atoms with Crippen LogP contribution in [-0.2, 0) is 17.1 Å². The highest BCUT2D eigenvalue weighted by Gasteiger charge is 2.16. The summed E-state index contributed by atoms with van der Waals surface area (Å²) in [6.45, 7) is 2.38. The molecule has 0 spiro atoms. The molecule has 0 amide bonds. The molecule has 0 fully saturated rings. The average Bonchev–Trinajstić information content (AvgIpc) is 2.62. The molecule has 0 bridgehead atoms. The minimum atomic E-state index is -0.920. The summed E-state index contributed by atoms with van der Waals surface area (Å²) >= 11 is 3.02. The lowest BCUT2D eigenvalue weighted by Gasteiger charge is -1.95. The quantitative estimate of drug-likeness (QED) is 0.765. The summed E-state index contributed by atoms with van der Waals surface area (Å²) in [7, 11) is 1.54. The van der Waals surface area contributed by atoms with Gasteiger partial charge in [0.25, 0.3) is 0 Å². The van der Waals surface area contributed by atoms with Crippen LogP contribution in [0.3, 0.4) is 0 Å². The zero-order chi connectivity index (χ0) is 12.0. The lowest BCUT2D eigenvalue weighted by atomic mass is 10.4. The fraction of sp³-hybridized carbons (Fsp3) is 0.600. The van der Waals surface area contributed by atoms with Crippen molar-refractivity contribution in [1.82, 2.24) is 4.98 Å². The Morgan fingerprint density at radius 2 is 2.38 bits per heavy atom. The Kier molecular flexibility index (Phi) is 5.79. The van der Waals surface area contributed by atoms with Crippen LogP contribution in [0.4, 0.5) is 0 Å². The Balaban J connectivity index is 2.72. The first-order chi connectivity index (χ1) is 7.69. The average molecular weight is 261 g/mol. The molecule has 1 aromatic rings. The van der Waals surface area contributed by atoms with Gasteiger partial charge < -0.3 is 9.84 Å². The highest BCUT2D eigenvalue weighted by Crippen LogP contribution is 2.23. The second-order valence-electron chi connectivity index (χ2n) is 3.17. The largest absolute Gasteiger partial charge is 0.477 e. The van der Waals surface area contributed by atoms with E-state index in [4.69, 9.17) is 9.84 Å². The van der Waals surface area contributed by atoms with E-state index in [0.717, 1.165) is 22.9 Å². The Hall–Kier alpha value is -0.590. The SMILES string of the molecule is CCCSCc1nc(COC)c(C(=O)O)s1. The van der Waals surface area contributed by atoms with Crippen LogP contribution in [0.1, 0.15) is 33.7 Å². The van der Waals surface area contributed by atoms with Crippen molar-refractivity contribution in [3.05, 3.63) is 15.6 Å². The van der Waals surface area contributed by atoms with Crippen LogP contribution in [0.2, 0.25) is 0 Å². The molecule has 0 saturated heterocycles. The van der Waals surface area contributed by atoms with Crippen molar-refractivity contribution >= 4 is 29.1 Å². The van der Waals surface area contributed by atoms with E-state index in [1.54, 1.807) is 11.8 Å². The smallest absolute Gasteiger partial charge is 0.347 e. The van der Waals surface area contributed by atoms with Crippen molar-refractivity contribution in [3.8, 4) is 0 Å². The zero-order valence-corrected chi connectivity index (χ0v) is 11.0. The molecular weight excluding hydrogens is 246 g/mol. The van der Waals surface area contributed by atoms with Crippen LogP contribution in [0.25, 0.3) is 0 Å². The number of rotatable bonds is 7. The van der Waals surface area contributed by atoms with Crippen LogP contribution in [0.15, 0.2) is 0 Å². The predicted molar refractivity (Wildman–Crippen MR) is 66.2 cm³/mol. The summed E-state index contributed by atoms with van der Waals surface area (Å²) in [6.07, 6.45) is 1.12. The van der Waals surface area contributed by atoms with E-state index < -0.39 is 5.97 Å². The number of hydrogen-bond acceptors (Lipinski definition) is 5. The van der Waals surface area contributed by atoms with Crippen molar-refractivity contribution in [3.63, 3.8) is 0 Å². The molecule has 0 aliphatic carbocycles. The molecule has 16 heavy (non-hydrogen) atoms. The van der Waals surface area contributed by atoms with E-state index in [1.165, 1.54) is 18.4 Å². The van der Waals surface area contributed by atoms with E-state index in [2.05, 4.69) is 11.9 Å². The van der Waals surface area contributed by atoms with Crippen molar-refractivity contribution in [2.75, 3.05) is 12.9 Å². The lowest BCUT2D eigenvalue weighted by molar-refractivity contribution is 0.0697. The third kappa shape index (κ3) is 3.77. The van der Waals surface area contributed by atoms with Gasteiger partial charge in [0.15, 0.2) is 0 Å². The summed E-state index contributed by atoms with van der Waals surface area (Å²) in [6, 6.07) is 0. The van der Waals surface area contributed by atoms with Gasteiger partial charge in [-0.3, -0.25) is 0 Å². The van der Waals surface area contributed by atoms with Crippen molar-refractivity contribution in [1.29, 1.82) is 0 Å². The number of carboxylic acids is 1. The van der Waals surface area contributed by atoms with E-state index in [9.17, 15) is 4.79 Å². The number of thioether (sulfide) groups is 1. The fourth-order valence-electron chi connectivity index (χ4n) is 1.17. The summed E-state index contributed by atoms with van der Waals surface area (Å²) in [4.78, 5) is 15.5. The fourth-order valence-corrected chi connectivity index (χ4v) is 3.03. The molecule has 0 unspecified atom stereocenters. The van der Waals surface area contributed by atoms with Crippen molar-refractivity contribution < 1.29 is 14.6 Å². The van der Waals surface area contributed by atoms with Gasteiger partial charge in [-0.25, -0.2) is 9.78 Å². The van der Waals surface area contributed by atoms with Crippen LogP contribution >= 0.6 is 23.1 Å². The maximum absolute atomic E-state index is 10.9. The Morgan fingerprint density at radius 1 is 1.62 bits per heavy atom. The minimum Gasteiger partial charge on any atom is -0.477 e. The highest BCUT2D eigenvalue weighted by molar-refractivity contribution is 7.98. The Bertz CT molecular complexity index is 352. The number of nitrogens with zero attached hydrogens (tertiary/aromatic N) is 1. The normalized spacial score (nSPS) is 10.6. The first-order valence-electron chi connectivity index (χ1n) is 4.97. The third-order valence-corrected chi connectivity index (χ3v) is 4.23. The Morgan fingerprint density at radius 3 is 2.94 bits per heavy atom. The molecule has 0 aliphatic rings. The van der Waals surface area contributed by atoms with Crippen LogP contribution in [0, 0.1) is 0 Å². The standard InChI is InChI=1S/C10H15NO3S2/c1-3-4-15-6-8-11-7(5-14-2)9(16-8)10(12)13/h3-6H2,1-2H3,(H,12,13). The van der Waals surface area contributed by atoms with Gasteiger partial charge in [0.1, 0.15) is 9.88 Å². The third-order valence-electron chi connectivity index (χ3n) is 1.79. The van der Waals surface area contributed by atoms with E-state index in [1.807, 2.05) is 0 Å². The molecule has 1 aromatic heterocycles. The minimum absolute atomic E-state index is 0.260. The zero-order valence-electron chi connectivity index (χ0n) is 9.36. The molecule has 0 aromatic carbocycles. The summed E-state index contributed by atoms with van der Waals surface area (Å²) in [5, 5.41) is 9.85. The maximum Gasteiger partial charge on any atom is 0.347 e. The number of thiazole rings is 1. The van der Waals surface area contributed by atoms with Crippen molar-refractivity contribution in [2.45, 2.75) is 25.7 Å². The van der Waals surface area contributed by atoms with Gasteiger partial charge >= 0.3 is 5.97 Å². The second-order valence-corrected chi connectivity index (χ2v) is 5.36. The number of ether oxygens (including phenoxy) is 1. The first kappa shape index (κ1) is 13.5.